The van der Waals surface area contributed by atoms with Crippen molar-refractivity contribution in [1.82, 2.24) is 24.7 Å². The fourth-order valence-electron chi connectivity index (χ4n) is 7.57. The Labute approximate surface area is 341 Å². The Bertz CT molecular complexity index is 1830. The lowest BCUT2D eigenvalue weighted by Crippen LogP contribution is -2.60. The van der Waals surface area contributed by atoms with E-state index in [4.69, 9.17) is 18.9 Å². The van der Waals surface area contributed by atoms with Gasteiger partial charge in [0.15, 0.2) is 24.7 Å². The van der Waals surface area contributed by atoms with Gasteiger partial charge in [-0.25, -0.2) is 18.6 Å². The van der Waals surface area contributed by atoms with Crippen LogP contribution in [0.5, 0.6) is 0 Å². The van der Waals surface area contributed by atoms with Crippen molar-refractivity contribution in [3.05, 3.63) is 45.3 Å². The molecular formula is C36H57N5O17S. The van der Waals surface area contributed by atoms with Gasteiger partial charge in [-0.1, -0.05) is 64.4 Å². The summed E-state index contributed by atoms with van der Waals surface area (Å²) in [6, 6.07) is -2.57. The first-order valence-corrected chi connectivity index (χ1v) is 21.0. The summed E-state index contributed by atoms with van der Waals surface area (Å²) in [5.74, 6) is -3.44. The van der Waals surface area contributed by atoms with Gasteiger partial charge in [0.2, 0.25) is 5.91 Å². The highest BCUT2D eigenvalue weighted by Gasteiger charge is 2.58. The molecule has 0 saturated carbocycles. The molecule has 3 aliphatic rings. The fourth-order valence-corrected chi connectivity index (χ4v) is 8.05. The summed E-state index contributed by atoms with van der Waals surface area (Å²) in [4.78, 5) is 68.6. The number of carbonyl (C=O) groups is 3. The minimum absolute atomic E-state index is 0.457. The van der Waals surface area contributed by atoms with Gasteiger partial charge < -0.3 is 44.3 Å². The Morgan fingerprint density at radius 3 is 2.24 bits per heavy atom. The maximum atomic E-state index is 14.4. The van der Waals surface area contributed by atoms with E-state index < -0.39 is 120 Å². The minimum Gasteiger partial charge on any atom is -0.480 e. The Hall–Kier alpha value is -3.62. The number of aromatic amines is 1. The Morgan fingerprint density at radius 2 is 1.64 bits per heavy atom. The number of allylic oxidation sites excluding steroid dienone is 1. The van der Waals surface area contributed by atoms with E-state index in [1.54, 1.807) is 6.08 Å². The summed E-state index contributed by atoms with van der Waals surface area (Å²) in [6.45, 7) is 1.71. The molecule has 7 N–H and O–H groups in total. The topological polar surface area (TPSA) is 306 Å². The summed E-state index contributed by atoms with van der Waals surface area (Å²) in [6.07, 6.45) is -3.73. The second-order valence-corrected chi connectivity index (χ2v) is 15.9. The van der Waals surface area contributed by atoms with Crippen LogP contribution in [-0.4, -0.2) is 166 Å². The second kappa shape index (κ2) is 21.8. The molecule has 23 heteroatoms. The molecule has 1 amide bonds. The molecule has 0 bridgehead atoms. The van der Waals surface area contributed by atoms with Crippen LogP contribution in [0.2, 0.25) is 0 Å². The zero-order valence-corrected chi connectivity index (χ0v) is 34.2. The number of aliphatic carboxylic acids is 1. The van der Waals surface area contributed by atoms with Crippen LogP contribution in [0.1, 0.15) is 77.4 Å². The lowest BCUT2D eigenvalue weighted by Gasteiger charge is -2.38. The number of hydrogen-bond donors (Lipinski definition) is 7. The molecule has 0 radical (unpaired) electrons. The molecule has 3 fully saturated rings. The van der Waals surface area contributed by atoms with Gasteiger partial charge in [0.05, 0.1) is 0 Å². The molecule has 1 aromatic rings. The second-order valence-electron chi connectivity index (χ2n) is 14.9. The zero-order chi connectivity index (χ0) is 43.6. The molecule has 1 aromatic heterocycles. The number of aliphatic hydroxyl groups is 3. The summed E-state index contributed by atoms with van der Waals surface area (Å²) in [5, 5.41) is 46.2. The number of aliphatic hydroxyl groups excluding tert-OH is 3. The van der Waals surface area contributed by atoms with Crippen molar-refractivity contribution in [3.63, 3.8) is 0 Å². The van der Waals surface area contributed by atoms with E-state index in [2.05, 4.69) is 16.4 Å². The van der Waals surface area contributed by atoms with Crippen LogP contribution in [0, 0.1) is 0 Å². The lowest BCUT2D eigenvalue weighted by molar-refractivity contribution is -0.232. The number of amides is 1. The molecule has 59 heavy (non-hydrogen) atoms. The van der Waals surface area contributed by atoms with Crippen LogP contribution < -0.4 is 16.6 Å². The van der Waals surface area contributed by atoms with Crippen molar-refractivity contribution in [2.75, 3.05) is 27.7 Å². The number of aromatic nitrogens is 2. The van der Waals surface area contributed by atoms with Gasteiger partial charge in [-0.3, -0.25) is 33.9 Å². The Balaban J connectivity index is 1.61. The molecule has 4 heterocycles. The number of carboxylic acids is 1. The molecule has 0 aliphatic carbocycles. The third-order valence-electron chi connectivity index (χ3n) is 10.6. The van der Waals surface area contributed by atoms with Gasteiger partial charge in [0.25, 0.3) is 5.56 Å². The van der Waals surface area contributed by atoms with E-state index in [9.17, 15) is 57.4 Å². The van der Waals surface area contributed by atoms with Crippen molar-refractivity contribution in [1.29, 1.82) is 0 Å². The highest BCUT2D eigenvalue weighted by molar-refractivity contribution is 7.80. The summed E-state index contributed by atoms with van der Waals surface area (Å²) in [5.41, 5.74) is -1.84. The van der Waals surface area contributed by atoms with E-state index >= 15 is 0 Å². The third-order valence-corrected chi connectivity index (χ3v) is 11.1. The Kier molecular flexibility index (Phi) is 17.7. The fraction of sp³-hybridized carbons (Fsp3) is 0.750. The maximum absolute atomic E-state index is 14.4. The molecule has 12 unspecified atom stereocenters. The van der Waals surface area contributed by atoms with Crippen LogP contribution in [0.15, 0.2) is 34.0 Å². The standard InChI is InChI=1S/C36H57N5O17S/c1-5-6-7-8-9-10-11-12-13-14-15-16-22(43)54-20-19-39(3)24(32(47)40(4)23(20)34(48)49)28(56-35-30(58-59(51,52)53)27(46)31(37-2)57-35)29-25(44)26(45)33(55-29)41-18-17-21(42)38-36(41)50/h15-18,20,23-31,33,35,37,44-46H,5-14,19H2,1-4H3,(H,48,49)(H,38,42,50)(H,51,52,53)/b16-15+. The van der Waals surface area contributed by atoms with Crippen molar-refractivity contribution in [2.45, 2.75) is 145 Å². The van der Waals surface area contributed by atoms with Crippen LogP contribution in [-0.2, 0) is 47.9 Å². The number of likely N-dealkylation sites (N-methyl/N-ethyl adjacent to an activating group) is 3. The SMILES string of the molecule is CCCCCCCCCCC/C=C/C(=O)OC1CN(C)C(C(OC2OC(NC)C(O)C2OS(=O)(=O)O)C2OC(n3ccc(=O)[nH]c3=O)C(O)C2O)C(=O)N(C)C1C(=O)O. The first-order valence-electron chi connectivity index (χ1n) is 19.6. The van der Waals surface area contributed by atoms with Crippen LogP contribution in [0.25, 0.3) is 0 Å². The van der Waals surface area contributed by atoms with Gasteiger partial charge in [-0.2, -0.15) is 8.42 Å². The van der Waals surface area contributed by atoms with Gasteiger partial charge in [0, 0.05) is 31.9 Å². The molecular weight excluding hydrogens is 806 g/mol. The lowest BCUT2D eigenvalue weighted by atomic mass is 9.97. The maximum Gasteiger partial charge on any atom is 0.397 e. The smallest absolute Gasteiger partial charge is 0.397 e. The summed E-state index contributed by atoms with van der Waals surface area (Å²) in [7, 11) is -1.52. The largest absolute Gasteiger partial charge is 0.480 e. The number of hydrogen-bond acceptors (Lipinski definition) is 17. The molecule has 3 saturated heterocycles. The average molecular weight is 864 g/mol. The molecule has 334 valence electrons. The number of carbonyl (C=O) groups excluding carboxylic acids is 2. The highest BCUT2D eigenvalue weighted by atomic mass is 32.3. The number of unbranched alkanes of at least 4 members (excludes halogenated alkanes) is 9. The number of esters is 1. The first-order chi connectivity index (χ1) is 27.9. The summed E-state index contributed by atoms with van der Waals surface area (Å²) < 4.78 is 61.9. The third kappa shape index (κ3) is 12.5. The van der Waals surface area contributed by atoms with E-state index in [0.29, 0.717) is 6.42 Å². The van der Waals surface area contributed by atoms with E-state index in [-0.39, 0.29) is 0 Å². The van der Waals surface area contributed by atoms with E-state index in [1.807, 2.05) is 4.98 Å². The molecule has 0 spiro atoms. The zero-order valence-electron chi connectivity index (χ0n) is 33.4. The van der Waals surface area contributed by atoms with Crippen molar-refractivity contribution < 1.29 is 70.9 Å². The van der Waals surface area contributed by atoms with Gasteiger partial charge >= 0.3 is 28.0 Å². The van der Waals surface area contributed by atoms with Gasteiger partial charge in [-0.15, -0.1) is 0 Å². The Morgan fingerprint density at radius 1 is 1.00 bits per heavy atom. The quantitative estimate of drug-likeness (QED) is 0.0324. The summed E-state index contributed by atoms with van der Waals surface area (Å²) >= 11 is 0. The predicted molar refractivity (Wildman–Crippen MR) is 204 cm³/mol. The first kappa shape index (κ1) is 48.1. The normalized spacial score (nSPS) is 31.2. The van der Waals surface area contributed by atoms with Crippen molar-refractivity contribution in [2.24, 2.45) is 0 Å². The number of nitrogens with zero attached hydrogens (tertiary/aromatic N) is 3. The van der Waals surface area contributed by atoms with Crippen LogP contribution >= 0.6 is 0 Å². The van der Waals surface area contributed by atoms with Crippen molar-refractivity contribution in [3.8, 4) is 0 Å². The average Bonchev–Trinajstić information content (AvgIpc) is 3.58. The molecule has 12 atom stereocenters. The molecule has 22 nitrogen and oxygen atoms in total. The van der Waals surface area contributed by atoms with Crippen LogP contribution in [0.4, 0.5) is 0 Å². The molecule has 0 aromatic carbocycles. The number of H-pyrrole nitrogens is 1. The van der Waals surface area contributed by atoms with E-state index in [0.717, 1.165) is 54.5 Å². The van der Waals surface area contributed by atoms with E-state index in [1.165, 1.54) is 57.2 Å². The molecule has 4 rings (SSSR count). The number of nitrogens with one attached hydrogen (secondary N) is 2. The monoisotopic (exact) mass is 863 g/mol. The minimum atomic E-state index is -5.29. The number of ether oxygens (including phenoxy) is 4. The van der Waals surface area contributed by atoms with Crippen LogP contribution in [0.3, 0.4) is 0 Å². The molecule has 3 aliphatic heterocycles. The van der Waals surface area contributed by atoms with Crippen molar-refractivity contribution >= 4 is 28.2 Å². The number of rotatable bonds is 21. The van der Waals surface area contributed by atoms with Gasteiger partial charge in [-0.05, 0) is 26.9 Å². The number of carboxylic acid groups (broad SMARTS) is 1. The highest BCUT2D eigenvalue weighted by Crippen LogP contribution is 2.37. The predicted octanol–water partition coefficient (Wildman–Crippen LogP) is -1.39. The van der Waals surface area contributed by atoms with Gasteiger partial charge in [0.1, 0.15) is 48.9 Å².